The van der Waals surface area contributed by atoms with Crippen LogP contribution in [-0.4, -0.2) is 44.5 Å². The van der Waals surface area contributed by atoms with E-state index in [2.05, 4.69) is 5.32 Å². The van der Waals surface area contributed by atoms with Crippen molar-refractivity contribution in [1.29, 1.82) is 0 Å². The lowest BCUT2D eigenvalue weighted by atomic mass is 10.1. The van der Waals surface area contributed by atoms with Crippen molar-refractivity contribution in [2.24, 2.45) is 0 Å². The summed E-state index contributed by atoms with van der Waals surface area (Å²) >= 11 is 1.90. The molecule has 6 nitrogen and oxygen atoms in total. The van der Waals surface area contributed by atoms with E-state index in [1.807, 2.05) is 31.7 Å². The highest BCUT2D eigenvalue weighted by Gasteiger charge is 2.37. The summed E-state index contributed by atoms with van der Waals surface area (Å²) in [6.45, 7) is 4.31. The van der Waals surface area contributed by atoms with Gasteiger partial charge in [0.2, 0.25) is 0 Å². The number of rotatable bonds is 7. The molecule has 0 radical (unpaired) electrons. The first-order valence-corrected chi connectivity index (χ1v) is 13.6. The number of ether oxygens (including phenoxy) is 1. The monoisotopic (exact) mass is 474 g/mol. The highest BCUT2D eigenvalue weighted by Crippen LogP contribution is 2.37. The van der Waals surface area contributed by atoms with Crippen LogP contribution in [0.15, 0.2) is 47.4 Å². The van der Waals surface area contributed by atoms with Gasteiger partial charge in [0.15, 0.2) is 6.10 Å². The lowest BCUT2D eigenvalue weighted by molar-refractivity contribution is -0.127. The van der Waals surface area contributed by atoms with Crippen LogP contribution in [0.4, 0.5) is 5.69 Å². The van der Waals surface area contributed by atoms with E-state index in [4.69, 9.17) is 4.74 Å². The van der Waals surface area contributed by atoms with Gasteiger partial charge in [-0.3, -0.25) is 9.10 Å². The second kappa shape index (κ2) is 9.75. The zero-order valence-corrected chi connectivity index (χ0v) is 20.2. The fourth-order valence-corrected chi connectivity index (χ4v) is 6.83. The van der Waals surface area contributed by atoms with Gasteiger partial charge in [-0.05, 0) is 56.5 Å². The van der Waals surface area contributed by atoms with E-state index in [1.54, 1.807) is 36.4 Å². The van der Waals surface area contributed by atoms with Crippen molar-refractivity contribution in [3.63, 3.8) is 0 Å². The third-order valence-electron chi connectivity index (χ3n) is 5.94. The molecule has 1 aliphatic heterocycles. The Bertz CT molecular complexity index is 1060. The summed E-state index contributed by atoms with van der Waals surface area (Å²) in [6.07, 6.45) is 4.20. The minimum absolute atomic E-state index is 0.0616. The molecular formula is C24H30N2O4S2. The first-order valence-electron chi connectivity index (χ1n) is 11.1. The molecule has 8 heteroatoms. The Morgan fingerprint density at radius 1 is 1.09 bits per heavy atom. The smallest absolute Gasteiger partial charge is 0.264 e. The maximum absolute atomic E-state index is 13.5. The number of nitrogens with one attached hydrogen (secondary N) is 1. The number of fused-ring (bicyclic) bond motifs is 1. The third kappa shape index (κ3) is 5.07. The van der Waals surface area contributed by atoms with Gasteiger partial charge in [0.25, 0.3) is 15.9 Å². The molecule has 1 amide bonds. The van der Waals surface area contributed by atoms with Crippen molar-refractivity contribution in [3.8, 4) is 5.75 Å². The van der Waals surface area contributed by atoms with Gasteiger partial charge in [-0.25, -0.2) is 8.42 Å². The van der Waals surface area contributed by atoms with Gasteiger partial charge in [-0.1, -0.05) is 36.6 Å². The molecule has 2 aromatic rings. The largest absolute Gasteiger partial charge is 0.476 e. The molecule has 4 rings (SSSR count). The van der Waals surface area contributed by atoms with Gasteiger partial charge in [-0.15, -0.1) is 0 Å². The summed E-state index contributed by atoms with van der Waals surface area (Å²) in [4.78, 5) is 13.1. The average Bonchev–Trinajstić information content (AvgIpc) is 3.29. The van der Waals surface area contributed by atoms with Crippen molar-refractivity contribution >= 4 is 33.4 Å². The molecule has 0 bridgehead atoms. The molecule has 0 saturated heterocycles. The molecule has 0 aromatic heterocycles. The number of thioether (sulfide) groups is 1. The molecule has 1 N–H and O–H groups in total. The predicted molar refractivity (Wildman–Crippen MR) is 129 cm³/mol. The van der Waals surface area contributed by atoms with Crippen LogP contribution in [0.3, 0.4) is 0 Å². The first-order chi connectivity index (χ1) is 15.3. The van der Waals surface area contributed by atoms with Gasteiger partial charge in [0, 0.05) is 17.5 Å². The fourth-order valence-electron chi connectivity index (χ4n) is 4.13. The molecule has 1 atom stereocenters. The number of hydrogen-bond acceptors (Lipinski definition) is 5. The number of aryl methyl sites for hydroxylation is 2. The number of nitrogens with zero attached hydrogens (tertiary/aromatic N) is 1. The van der Waals surface area contributed by atoms with Crippen molar-refractivity contribution in [3.05, 3.63) is 53.6 Å². The Morgan fingerprint density at radius 2 is 1.78 bits per heavy atom. The van der Waals surface area contributed by atoms with Crippen LogP contribution in [0.5, 0.6) is 5.75 Å². The van der Waals surface area contributed by atoms with Gasteiger partial charge in [-0.2, -0.15) is 11.8 Å². The van der Waals surface area contributed by atoms with Crippen LogP contribution in [0.25, 0.3) is 0 Å². The van der Waals surface area contributed by atoms with Crippen LogP contribution < -0.4 is 14.4 Å². The molecule has 1 heterocycles. The Hall–Kier alpha value is -2.19. The van der Waals surface area contributed by atoms with E-state index in [0.717, 1.165) is 16.9 Å². The lowest BCUT2D eigenvalue weighted by Crippen LogP contribution is -2.51. The van der Waals surface area contributed by atoms with Gasteiger partial charge >= 0.3 is 0 Å². The standard InChI is InChI=1S/C24H30N2O4S2/c1-17-7-10-20(11-8-17)32(28,29)26-16-23(30-22-15-18(2)9-12-21(22)26)24(27)25-13-14-31-19-5-3-4-6-19/h7-12,15,19,23H,3-6,13-14,16H2,1-2H3,(H,25,27)/t23-/m1/s1. The summed E-state index contributed by atoms with van der Waals surface area (Å²) in [7, 11) is -3.84. The van der Waals surface area contributed by atoms with Crippen molar-refractivity contribution < 1.29 is 17.9 Å². The molecule has 0 unspecified atom stereocenters. The second-order valence-electron chi connectivity index (χ2n) is 8.50. The Labute approximate surface area is 194 Å². The van der Waals surface area contributed by atoms with Crippen LogP contribution in [0.1, 0.15) is 36.8 Å². The summed E-state index contributed by atoms with van der Waals surface area (Å²) in [5, 5.41) is 3.63. The van der Waals surface area contributed by atoms with E-state index >= 15 is 0 Å². The van der Waals surface area contributed by atoms with Crippen molar-refractivity contribution in [2.45, 2.75) is 55.8 Å². The maximum Gasteiger partial charge on any atom is 0.264 e. The summed E-state index contributed by atoms with van der Waals surface area (Å²) < 4.78 is 34.2. The van der Waals surface area contributed by atoms with E-state index in [1.165, 1.54) is 30.0 Å². The predicted octanol–water partition coefficient (Wildman–Crippen LogP) is 4.05. The van der Waals surface area contributed by atoms with E-state index in [9.17, 15) is 13.2 Å². The minimum atomic E-state index is -3.84. The summed E-state index contributed by atoms with van der Waals surface area (Å²) in [5.74, 6) is 0.977. The van der Waals surface area contributed by atoms with Gasteiger partial charge in [0.1, 0.15) is 5.75 Å². The second-order valence-corrected chi connectivity index (χ2v) is 11.8. The van der Waals surface area contributed by atoms with E-state index < -0.39 is 16.1 Å². The molecule has 2 aliphatic rings. The lowest BCUT2D eigenvalue weighted by Gasteiger charge is -2.35. The van der Waals surface area contributed by atoms with Crippen LogP contribution >= 0.6 is 11.8 Å². The number of sulfonamides is 1. The zero-order valence-electron chi connectivity index (χ0n) is 18.5. The Kier molecular flexibility index (Phi) is 7.00. The molecule has 1 fully saturated rings. The van der Waals surface area contributed by atoms with Gasteiger partial charge < -0.3 is 10.1 Å². The molecule has 172 valence electrons. The molecule has 0 spiro atoms. The van der Waals surface area contributed by atoms with E-state index in [0.29, 0.717) is 23.2 Å². The zero-order chi connectivity index (χ0) is 22.7. The molecule has 1 saturated carbocycles. The molecule has 2 aromatic carbocycles. The number of anilines is 1. The Balaban J connectivity index is 1.50. The average molecular weight is 475 g/mol. The molecule has 32 heavy (non-hydrogen) atoms. The van der Waals surface area contributed by atoms with Crippen LogP contribution in [0.2, 0.25) is 0 Å². The first kappa shape index (κ1) is 23.0. The summed E-state index contributed by atoms with van der Waals surface area (Å²) in [5.41, 5.74) is 2.37. The highest BCUT2D eigenvalue weighted by atomic mass is 32.2. The number of hydrogen-bond donors (Lipinski definition) is 1. The number of benzene rings is 2. The highest BCUT2D eigenvalue weighted by molar-refractivity contribution is 7.99. The van der Waals surface area contributed by atoms with Crippen molar-refractivity contribution in [1.82, 2.24) is 5.32 Å². The third-order valence-corrected chi connectivity index (χ3v) is 9.12. The normalized spacial score (nSPS) is 18.8. The Morgan fingerprint density at radius 3 is 2.50 bits per heavy atom. The molecular weight excluding hydrogens is 444 g/mol. The minimum Gasteiger partial charge on any atom is -0.476 e. The number of carbonyl (C=O) groups is 1. The maximum atomic E-state index is 13.5. The van der Waals surface area contributed by atoms with Crippen LogP contribution in [0, 0.1) is 13.8 Å². The quantitative estimate of drug-likeness (QED) is 0.613. The molecule has 1 aliphatic carbocycles. The van der Waals surface area contributed by atoms with Crippen molar-refractivity contribution in [2.75, 3.05) is 23.1 Å². The van der Waals surface area contributed by atoms with E-state index in [-0.39, 0.29) is 17.3 Å². The SMILES string of the molecule is Cc1ccc(S(=O)(=O)N2C[C@H](C(=O)NCCSC3CCCC3)Oc3cc(C)ccc32)cc1. The number of carbonyl (C=O) groups excluding carboxylic acids is 1. The summed E-state index contributed by atoms with van der Waals surface area (Å²) in [6, 6.07) is 12.1. The number of amides is 1. The topological polar surface area (TPSA) is 75.7 Å². The van der Waals surface area contributed by atoms with Crippen LogP contribution in [-0.2, 0) is 14.8 Å². The fraction of sp³-hybridized carbons (Fsp3) is 0.458. The van der Waals surface area contributed by atoms with Gasteiger partial charge in [0.05, 0.1) is 17.1 Å².